The number of hydrogen-bond acceptors (Lipinski definition) is 4. The number of pyridine rings is 1. The van der Waals surface area contributed by atoms with Crippen LogP contribution in [0.25, 0.3) is 10.8 Å². The Morgan fingerprint density at radius 3 is 2.77 bits per heavy atom. The van der Waals surface area contributed by atoms with Gasteiger partial charge in [-0.05, 0) is 43.1 Å². The molecule has 3 rings (SSSR count). The van der Waals surface area contributed by atoms with Crippen LogP contribution in [0.1, 0.15) is 25.0 Å². The van der Waals surface area contributed by atoms with Crippen LogP contribution < -0.4 is 5.32 Å². The lowest BCUT2D eigenvalue weighted by Crippen LogP contribution is -2.85. The second kappa shape index (κ2) is 8.76. The van der Waals surface area contributed by atoms with Gasteiger partial charge < -0.3 is 9.64 Å². The average Bonchev–Trinajstić information content (AvgIpc) is 2.70. The molecule has 2 heterocycles. The number of rotatable bonds is 5. The maximum atomic E-state index is 12.0. The van der Waals surface area contributed by atoms with Crippen LogP contribution in [-0.4, -0.2) is 48.6 Å². The predicted octanol–water partition coefficient (Wildman–Crippen LogP) is 1.74. The van der Waals surface area contributed by atoms with Gasteiger partial charge in [-0.2, -0.15) is 0 Å². The first kappa shape index (κ1) is 18.3. The van der Waals surface area contributed by atoms with Crippen LogP contribution in [0.3, 0.4) is 0 Å². The minimum absolute atomic E-state index is 0.165. The largest absolute Gasteiger partial charge is 0.435 e. The number of likely N-dealkylation sites (tertiary alicyclic amines) is 1. The number of quaternary nitrogens is 1. The van der Waals surface area contributed by atoms with Crippen molar-refractivity contribution in [1.29, 1.82) is 0 Å². The van der Waals surface area contributed by atoms with Crippen molar-refractivity contribution in [3.63, 3.8) is 0 Å². The minimum atomic E-state index is -0.380. The van der Waals surface area contributed by atoms with Crippen molar-refractivity contribution in [2.75, 3.05) is 26.7 Å². The Labute approximate surface area is 153 Å². The Balaban J connectivity index is 1.47. The lowest BCUT2D eigenvalue weighted by Gasteiger charge is -2.31. The van der Waals surface area contributed by atoms with E-state index in [4.69, 9.17) is 4.74 Å². The molecule has 6 heteroatoms. The molecule has 26 heavy (non-hydrogen) atoms. The zero-order chi connectivity index (χ0) is 18.4. The third-order valence-corrected chi connectivity index (χ3v) is 5.08. The molecule has 0 unspecified atom stereocenters. The number of piperidine rings is 1. The van der Waals surface area contributed by atoms with E-state index in [-0.39, 0.29) is 18.6 Å². The number of fused-ring (bicyclic) bond motifs is 1. The summed E-state index contributed by atoms with van der Waals surface area (Å²) in [6, 6.07) is 10.4. The van der Waals surface area contributed by atoms with Gasteiger partial charge in [0.15, 0.2) is 0 Å². The minimum Gasteiger partial charge on any atom is -0.435 e. The van der Waals surface area contributed by atoms with Gasteiger partial charge >= 0.3 is 12.0 Å². The number of hydrogen-bond donors (Lipinski definition) is 1. The molecule has 1 fully saturated rings. The summed E-state index contributed by atoms with van der Waals surface area (Å²) >= 11 is 0. The Morgan fingerprint density at radius 2 is 2.00 bits per heavy atom. The fraction of sp³-hybridized carbons (Fsp3) is 0.450. The van der Waals surface area contributed by atoms with E-state index >= 15 is 0 Å². The quantitative estimate of drug-likeness (QED) is 0.885. The van der Waals surface area contributed by atoms with Crippen molar-refractivity contribution in [3.05, 3.63) is 42.2 Å². The molecule has 1 aromatic heterocycles. The summed E-state index contributed by atoms with van der Waals surface area (Å²) in [6.07, 6.45) is 5.46. The molecule has 0 spiro atoms. The summed E-state index contributed by atoms with van der Waals surface area (Å²) in [7, 11) is 1.65. The maximum absolute atomic E-state index is 12.0. The highest BCUT2D eigenvalue weighted by Crippen LogP contribution is 2.24. The van der Waals surface area contributed by atoms with Gasteiger partial charge in [0.25, 0.3) is 0 Å². The number of likely N-dealkylation sites (N-methyl/N-ethyl adjacent to an activating group) is 1. The van der Waals surface area contributed by atoms with Crippen LogP contribution in [0.5, 0.6) is 0 Å². The van der Waals surface area contributed by atoms with E-state index in [1.54, 1.807) is 11.9 Å². The number of benzene rings is 1. The number of aromatic nitrogens is 1. The van der Waals surface area contributed by atoms with E-state index < -0.39 is 0 Å². The highest BCUT2D eigenvalue weighted by atomic mass is 16.6. The van der Waals surface area contributed by atoms with Crippen LogP contribution in [-0.2, 0) is 16.0 Å². The molecule has 0 saturated carbocycles. The van der Waals surface area contributed by atoms with E-state index in [1.165, 1.54) is 16.1 Å². The third-order valence-electron chi connectivity index (χ3n) is 5.08. The smallest absolute Gasteiger partial charge is 0.410 e. The van der Waals surface area contributed by atoms with Gasteiger partial charge in [-0.25, -0.2) is 9.59 Å². The predicted molar refractivity (Wildman–Crippen MR) is 98.6 cm³/mol. The molecular weight excluding hydrogens is 330 g/mol. The Kier molecular flexibility index (Phi) is 6.17. The van der Waals surface area contributed by atoms with Crippen molar-refractivity contribution in [3.8, 4) is 0 Å². The third kappa shape index (κ3) is 4.58. The summed E-state index contributed by atoms with van der Waals surface area (Å²) in [4.78, 5) is 29.5. The monoisotopic (exact) mass is 356 g/mol. The zero-order valence-corrected chi connectivity index (χ0v) is 15.2. The van der Waals surface area contributed by atoms with Crippen LogP contribution in [0, 0.1) is 5.92 Å². The molecule has 2 N–H and O–H groups in total. The summed E-state index contributed by atoms with van der Waals surface area (Å²) < 4.78 is 5.04. The van der Waals surface area contributed by atoms with Gasteiger partial charge in [0, 0.05) is 30.4 Å². The van der Waals surface area contributed by atoms with Crippen LogP contribution in [0.4, 0.5) is 4.79 Å². The van der Waals surface area contributed by atoms with Crippen molar-refractivity contribution < 1.29 is 19.6 Å². The van der Waals surface area contributed by atoms with E-state index in [0.717, 1.165) is 31.4 Å². The standard InChI is InChI=1S/C20H25N3O3/c1-21-19(24)14-26-20(25)23-12-9-15(10-13-23)6-7-18-17-5-3-2-4-16(17)8-11-22-18/h2-5,8,11,15H,6-7,9-10,12-14H2,1H3,(H,21,24)/p+1. The number of amides is 2. The molecule has 0 aliphatic carbocycles. The van der Waals surface area contributed by atoms with Crippen LogP contribution >= 0.6 is 0 Å². The number of carbonyl (C=O) groups is 2. The molecule has 1 aliphatic heterocycles. The Bertz CT molecular complexity index is 764. The molecule has 6 nitrogen and oxygen atoms in total. The first-order valence-corrected chi connectivity index (χ1v) is 9.24. The number of aryl methyl sites for hydroxylation is 1. The van der Waals surface area contributed by atoms with E-state index in [1.807, 2.05) is 18.3 Å². The van der Waals surface area contributed by atoms with Gasteiger partial charge in [-0.1, -0.05) is 24.3 Å². The summed E-state index contributed by atoms with van der Waals surface area (Å²) in [5.41, 5.74) is 1.15. The second-order valence-corrected chi connectivity index (χ2v) is 6.76. The normalized spacial score (nSPS) is 15.2. The van der Waals surface area contributed by atoms with Gasteiger partial charge in [0.05, 0.1) is 7.05 Å². The lowest BCUT2D eigenvalue weighted by atomic mass is 9.91. The molecule has 0 atom stereocenters. The van der Waals surface area contributed by atoms with Gasteiger partial charge in [-0.15, -0.1) is 0 Å². The first-order valence-electron chi connectivity index (χ1n) is 9.24. The molecule has 0 radical (unpaired) electrons. The Hall–Kier alpha value is -2.47. The molecule has 2 amide bonds. The fourth-order valence-corrected chi connectivity index (χ4v) is 3.43. The van der Waals surface area contributed by atoms with Crippen molar-refractivity contribution in [2.45, 2.75) is 25.7 Å². The summed E-state index contributed by atoms with van der Waals surface area (Å²) in [5.74, 6) is 0.418. The van der Waals surface area contributed by atoms with Crippen LogP contribution in [0.2, 0.25) is 0 Å². The van der Waals surface area contributed by atoms with Crippen molar-refractivity contribution in [2.24, 2.45) is 5.92 Å². The highest BCUT2D eigenvalue weighted by Gasteiger charge is 2.24. The second-order valence-electron chi connectivity index (χ2n) is 6.76. The van der Waals surface area contributed by atoms with E-state index in [2.05, 4.69) is 23.2 Å². The lowest BCUT2D eigenvalue weighted by molar-refractivity contribution is -0.539. The van der Waals surface area contributed by atoms with Gasteiger partial charge in [-0.3, -0.25) is 10.3 Å². The van der Waals surface area contributed by atoms with Gasteiger partial charge in [0.2, 0.25) is 6.61 Å². The van der Waals surface area contributed by atoms with Crippen molar-refractivity contribution in [1.82, 2.24) is 9.88 Å². The SMILES string of the molecule is C[NH2+]C(=O)COC(=O)N1CCC(CCc2nccc3ccccc23)CC1. The van der Waals surface area contributed by atoms with Crippen LogP contribution in [0.15, 0.2) is 36.5 Å². The molecule has 0 bridgehead atoms. The molecule has 1 saturated heterocycles. The Morgan fingerprint density at radius 1 is 1.23 bits per heavy atom. The highest BCUT2D eigenvalue weighted by molar-refractivity contribution is 5.84. The molecule has 138 valence electrons. The topological polar surface area (TPSA) is 76.1 Å². The zero-order valence-electron chi connectivity index (χ0n) is 15.2. The summed E-state index contributed by atoms with van der Waals surface area (Å²) in [5, 5.41) is 3.88. The van der Waals surface area contributed by atoms with Crippen molar-refractivity contribution >= 4 is 22.8 Å². The number of nitrogens with zero attached hydrogens (tertiary/aromatic N) is 2. The molecular formula is C20H26N3O3+. The molecule has 2 aromatic rings. The maximum Gasteiger partial charge on any atom is 0.410 e. The molecule has 1 aliphatic rings. The van der Waals surface area contributed by atoms with Gasteiger partial charge in [0.1, 0.15) is 0 Å². The number of carbonyl (C=O) groups excluding carboxylic acids is 2. The first-order chi connectivity index (χ1) is 12.7. The number of primary amides is 1. The molecule has 1 aromatic carbocycles. The number of nitrogens with two attached hydrogens (primary N) is 1. The average molecular weight is 356 g/mol. The van der Waals surface area contributed by atoms with E-state index in [0.29, 0.717) is 19.0 Å². The summed E-state index contributed by atoms with van der Waals surface area (Å²) in [6.45, 7) is 1.22. The number of ether oxygens (including phenoxy) is 1. The van der Waals surface area contributed by atoms with E-state index in [9.17, 15) is 9.59 Å². The fourth-order valence-electron chi connectivity index (χ4n) is 3.43.